The molecule has 2 heterocycles. The largest absolute Gasteiger partial charge is 0.338 e. The summed E-state index contributed by atoms with van der Waals surface area (Å²) in [5, 5.41) is 7.33. The monoisotopic (exact) mass is 341 g/mol. The fraction of sp³-hybridized carbons (Fsp3) is 0.474. The fourth-order valence-electron chi connectivity index (χ4n) is 3.28. The Morgan fingerprint density at radius 1 is 1.28 bits per heavy atom. The summed E-state index contributed by atoms with van der Waals surface area (Å²) >= 11 is 0. The molecule has 6 nitrogen and oxygen atoms in total. The topological polar surface area (TPSA) is 53.4 Å². The summed E-state index contributed by atoms with van der Waals surface area (Å²) in [7, 11) is 2.11. The van der Waals surface area contributed by atoms with Crippen LogP contribution >= 0.6 is 0 Å². The molecule has 0 aliphatic carbocycles. The van der Waals surface area contributed by atoms with E-state index in [9.17, 15) is 4.79 Å². The highest BCUT2D eigenvalue weighted by Gasteiger charge is 2.30. The zero-order valence-electron chi connectivity index (χ0n) is 15.0. The Labute approximate surface area is 149 Å². The van der Waals surface area contributed by atoms with Crippen molar-refractivity contribution in [3.05, 3.63) is 54.4 Å². The molecule has 2 amide bonds. The molecule has 2 unspecified atom stereocenters. The van der Waals surface area contributed by atoms with Gasteiger partial charge in [0.2, 0.25) is 0 Å². The molecule has 1 N–H and O–H groups in total. The second-order valence-electron chi connectivity index (χ2n) is 6.90. The summed E-state index contributed by atoms with van der Waals surface area (Å²) in [6.07, 6.45) is 3.73. The molecule has 0 spiro atoms. The van der Waals surface area contributed by atoms with E-state index < -0.39 is 0 Å². The normalized spacial score (nSPS) is 19.6. The average molecular weight is 341 g/mol. The first-order valence-electron chi connectivity index (χ1n) is 8.89. The Morgan fingerprint density at radius 2 is 2.08 bits per heavy atom. The maximum Gasteiger partial charge on any atom is 0.318 e. The molecule has 0 radical (unpaired) electrons. The lowest BCUT2D eigenvalue weighted by atomic mass is 10.0. The molecule has 1 fully saturated rings. The van der Waals surface area contributed by atoms with Crippen molar-refractivity contribution < 1.29 is 4.79 Å². The quantitative estimate of drug-likeness (QED) is 0.907. The summed E-state index contributed by atoms with van der Waals surface area (Å²) in [6.45, 7) is 6.08. The molecule has 134 valence electrons. The van der Waals surface area contributed by atoms with E-state index in [0.29, 0.717) is 12.5 Å². The van der Waals surface area contributed by atoms with Crippen molar-refractivity contribution in [2.75, 3.05) is 33.2 Å². The van der Waals surface area contributed by atoms with Gasteiger partial charge in [-0.15, -0.1) is 0 Å². The molecule has 6 heteroatoms. The van der Waals surface area contributed by atoms with Crippen LogP contribution in [-0.4, -0.2) is 58.8 Å². The minimum atomic E-state index is 0.0225. The molecule has 2 aromatic rings. The van der Waals surface area contributed by atoms with Gasteiger partial charge in [0, 0.05) is 45.1 Å². The molecule has 0 bridgehead atoms. The smallest absolute Gasteiger partial charge is 0.318 e. The number of carbonyl (C=O) groups is 1. The van der Waals surface area contributed by atoms with E-state index in [1.54, 1.807) is 6.20 Å². The summed E-state index contributed by atoms with van der Waals surface area (Å²) in [5.74, 6) is 0.325. The molecule has 1 aromatic carbocycles. The van der Waals surface area contributed by atoms with Crippen molar-refractivity contribution in [1.29, 1.82) is 0 Å². The van der Waals surface area contributed by atoms with Crippen LogP contribution in [-0.2, 0) is 6.54 Å². The van der Waals surface area contributed by atoms with Crippen molar-refractivity contribution in [3.63, 3.8) is 0 Å². The number of piperazine rings is 1. The third-order valence-electron chi connectivity index (χ3n) is 4.69. The summed E-state index contributed by atoms with van der Waals surface area (Å²) in [4.78, 5) is 17.0. The van der Waals surface area contributed by atoms with E-state index >= 15 is 0 Å². The number of nitrogens with zero attached hydrogens (tertiary/aromatic N) is 4. The van der Waals surface area contributed by atoms with Crippen LogP contribution in [0.15, 0.2) is 48.8 Å². The lowest BCUT2D eigenvalue weighted by molar-refractivity contribution is 0.108. The minimum absolute atomic E-state index is 0.0225. The number of benzene rings is 1. The van der Waals surface area contributed by atoms with Gasteiger partial charge >= 0.3 is 6.03 Å². The van der Waals surface area contributed by atoms with Crippen molar-refractivity contribution >= 4 is 6.03 Å². The molecule has 0 saturated carbocycles. The van der Waals surface area contributed by atoms with Crippen molar-refractivity contribution in [3.8, 4) is 0 Å². The predicted octanol–water partition coefficient (Wildman–Crippen LogP) is 2.22. The first kappa shape index (κ1) is 17.5. The third kappa shape index (κ3) is 4.60. The van der Waals surface area contributed by atoms with Crippen LogP contribution in [0.2, 0.25) is 0 Å². The summed E-state index contributed by atoms with van der Waals surface area (Å²) in [6, 6.07) is 12.3. The van der Waals surface area contributed by atoms with Crippen LogP contribution in [0.5, 0.6) is 0 Å². The molecular formula is C19H27N5O. The molecule has 2 atom stereocenters. The van der Waals surface area contributed by atoms with Gasteiger partial charge < -0.3 is 15.1 Å². The highest BCUT2D eigenvalue weighted by atomic mass is 16.2. The highest BCUT2D eigenvalue weighted by molar-refractivity contribution is 5.75. The second kappa shape index (κ2) is 8.16. The minimum Gasteiger partial charge on any atom is -0.338 e. The number of rotatable bonds is 5. The van der Waals surface area contributed by atoms with Crippen LogP contribution in [0, 0.1) is 5.92 Å². The average Bonchev–Trinajstić information content (AvgIpc) is 3.13. The fourth-order valence-corrected chi connectivity index (χ4v) is 3.28. The summed E-state index contributed by atoms with van der Waals surface area (Å²) in [5.41, 5.74) is 1.19. The van der Waals surface area contributed by atoms with Gasteiger partial charge in [-0.25, -0.2) is 4.79 Å². The highest BCUT2D eigenvalue weighted by Crippen LogP contribution is 2.24. The number of likely N-dealkylation sites (N-methyl/N-ethyl adjacent to an activating group) is 1. The molecule has 3 rings (SSSR count). The molecular weight excluding hydrogens is 314 g/mol. The van der Waals surface area contributed by atoms with E-state index in [2.05, 4.69) is 41.4 Å². The Bertz CT molecular complexity index is 658. The van der Waals surface area contributed by atoms with Gasteiger partial charge in [0.05, 0.1) is 6.04 Å². The SMILES string of the molecule is CC(CNC(=O)N1CCN(C)CC1c1ccccc1)Cn1cccn1. The van der Waals surface area contributed by atoms with E-state index in [0.717, 1.165) is 26.2 Å². The first-order valence-corrected chi connectivity index (χ1v) is 8.89. The van der Waals surface area contributed by atoms with Crippen molar-refractivity contribution in [2.24, 2.45) is 5.92 Å². The van der Waals surface area contributed by atoms with Gasteiger partial charge in [-0.1, -0.05) is 37.3 Å². The Morgan fingerprint density at radius 3 is 2.80 bits per heavy atom. The number of nitrogens with one attached hydrogen (secondary N) is 1. The molecule has 1 aliphatic rings. The molecule has 1 aromatic heterocycles. The maximum atomic E-state index is 12.8. The number of amides is 2. The van der Waals surface area contributed by atoms with Crippen LogP contribution in [0.4, 0.5) is 4.79 Å². The maximum absolute atomic E-state index is 12.8. The van der Waals surface area contributed by atoms with Crippen LogP contribution in [0.25, 0.3) is 0 Å². The second-order valence-corrected chi connectivity index (χ2v) is 6.90. The molecule has 25 heavy (non-hydrogen) atoms. The van der Waals surface area contributed by atoms with E-state index in [1.807, 2.05) is 40.0 Å². The first-order chi connectivity index (χ1) is 12.1. The van der Waals surface area contributed by atoms with Gasteiger partial charge in [0.1, 0.15) is 0 Å². The van der Waals surface area contributed by atoms with Gasteiger partial charge in [0.15, 0.2) is 0 Å². The van der Waals surface area contributed by atoms with E-state index in [4.69, 9.17) is 0 Å². The molecule has 1 aliphatic heterocycles. The lowest BCUT2D eigenvalue weighted by Crippen LogP contribution is -2.53. The van der Waals surface area contributed by atoms with Crippen molar-refractivity contribution in [1.82, 2.24) is 24.9 Å². The van der Waals surface area contributed by atoms with Crippen molar-refractivity contribution in [2.45, 2.75) is 19.5 Å². The lowest BCUT2D eigenvalue weighted by Gasteiger charge is -2.40. The Kier molecular flexibility index (Phi) is 5.71. The van der Waals surface area contributed by atoms with E-state index in [-0.39, 0.29) is 12.1 Å². The molecule has 1 saturated heterocycles. The van der Waals surface area contributed by atoms with Crippen LogP contribution in [0.1, 0.15) is 18.5 Å². The number of carbonyl (C=O) groups excluding carboxylic acids is 1. The third-order valence-corrected chi connectivity index (χ3v) is 4.69. The van der Waals surface area contributed by atoms with Gasteiger partial charge in [0.25, 0.3) is 0 Å². The van der Waals surface area contributed by atoms with Gasteiger partial charge in [-0.05, 0) is 24.6 Å². The number of aromatic nitrogens is 2. The number of hydrogen-bond donors (Lipinski definition) is 1. The Hall–Kier alpha value is -2.34. The Balaban J connectivity index is 1.59. The zero-order chi connectivity index (χ0) is 17.6. The number of urea groups is 1. The zero-order valence-corrected chi connectivity index (χ0v) is 15.0. The number of hydrogen-bond acceptors (Lipinski definition) is 3. The van der Waals surface area contributed by atoms with Gasteiger partial charge in [-0.3, -0.25) is 4.68 Å². The van der Waals surface area contributed by atoms with Crippen LogP contribution < -0.4 is 5.32 Å². The van der Waals surface area contributed by atoms with Gasteiger partial charge in [-0.2, -0.15) is 5.10 Å². The standard InChI is InChI=1S/C19H27N5O/c1-16(14-23-10-6-9-21-23)13-20-19(25)24-12-11-22(2)15-18(24)17-7-4-3-5-8-17/h3-10,16,18H,11-15H2,1-2H3,(H,20,25). The van der Waals surface area contributed by atoms with E-state index in [1.165, 1.54) is 5.56 Å². The van der Waals surface area contributed by atoms with Crippen LogP contribution in [0.3, 0.4) is 0 Å². The summed E-state index contributed by atoms with van der Waals surface area (Å²) < 4.78 is 1.90. The predicted molar refractivity (Wildman–Crippen MR) is 98.2 cm³/mol.